The molecule has 1 saturated heterocycles. The highest BCUT2D eigenvalue weighted by Gasteiger charge is 2.32. The lowest BCUT2D eigenvalue weighted by Crippen LogP contribution is -2.37. The van der Waals surface area contributed by atoms with Crippen LogP contribution in [0.1, 0.15) is 43.2 Å². The Balaban J connectivity index is 1.55. The molecular weight excluding hydrogens is 480 g/mol. The van der Waals surface area contributed by atoms with Crippen LogP contribution in [0.15, 0.2) is 47.4 Å². The topological polar surface area (TPSA) is 106 Å². The van der Waals surface area contributed by atoms with Gasteiger partial charge in [0, 0.05) is 12.5 Å². The van der Waals surface area contributed by atoms with Crippen LogP contribution < -0.4 is 11.1 Å². The number of aryl methyl sites for hydroxylation is 1. The van der Waals surface area contributed by atoms with Crippen molar-refractivity contribution in [2.75, 3.05) is 25.6 Å². The second kappa shape index (κ2) is 10.7. The third-order valence-corrected chi connectivity index (χ3v) is 10.4. The average Bonchev–Trinajstić information content (AvgIpc) is 2.82. The standard InChI is InChI=1S/C27H38N2O4S2/c1-34(30,31)26-9-7-20(8-10-26)22-5-3-21-4-6-23(17-25(21)16-22)24(18-27(28)35(2,32)33)15-19-11-13-29-14-12-19/h3,5,7-10,16,19,23-24,27,29H,4,6,11-15,17-18,28H2,1-2H3. The molecule has 3 atom stereocenters. The fourth-order valence-corrected chi connectivity index (χ4v) is 6.99. The summed E-state index contributed by atoms with van der Waals surface area (Å²) in [6.45, 7) is 2.06. The zero-order valence-electron chi connectivity index (χ0n) is 20.7. The van der Waals surface area contributed by atoms with Gasteiger partial charge < -0.3 is 11.1 Å². The molecule has 0 bridgehead atoms. The molecule has 1 fully saturated rings. The number of fused-ring (bicyclic) bond motifs is 1. The van der Waals surface area contributed by atoms with Crippen molar-refractivity contribution in [1.82, 2.24) is 5.32 Å². The molecule has 0 radical (unpaired) electrons. The summed E-state index contributed by atoms with van der Waals surface area (Å²) in [7, 11) is -6.50. The number of hydrogen-bond acceptors (Lipinski definition) is 6. The molecule has 2 aliphatic rings. The first-order valence-corrected chi connectivity index (χ1v) is 16.4. The zero-order chi connectivity index (χ0) is 25.2. The first kappa shape index (κ1) is 26.3. The van der Waals surface area contributed by atoms with E-state index in [1.54, 1.807) is 12.1 Å². The fourth-order valence-electron chi connectivity index (χ4n) is 5.76. The molecule has 35 heavy (non-hydrogen) atoms. The van der Waals surface area contributed by atoms with Gasteiger partial charge in [-0.15, -0.1) is 0 Å². The second-order valence-corrected chi connectivity index (χ2v) is 14.9. The molecule has 4 rings (SSSR count). The average molecular weight is 519 g/mol. The summed E-state index contributed by atoms with van der Waals surface area (Å²) in [6, 6.07) is 13.6. The zero-order valence-corrected chi connectivity index (χ0v) is 22.4. The predicted molar refractivity (Wildman–Crippen MR) is 142 cm³/mol. The molecule has 6 nitrogen and oxygen atoms in total. The molecule has 3 N–H and O–H groups in total. The Morgan fingerprint density at radius 1 is 0.914 bits per heavy atom. The Morgan fingerprint density at radius 3 is 2.20 bits per heavy atom. The van der Waals surface area contributed by atoms with E-state index < -0.39 is 25.0 Å². The van der Waals surface area contributed by atoms with Crippen LogP contribution >= 0.6 is 0 Å². The van der Waals surface area contributed by atoms with Gasteiger partial charge in [0.05, 0.1) is 4.90 Å². The highest BCUT2D eigenvalue weighted by molar-refractivity contribution is 7.91. The first-order chi connectivity index (χ1) is 16.5. The molecule has 8 heteroatoms. The third-order valence-electron chi connectivity index (χ3n) is 7.94. The Kier molecular flexibility index (Phi) is 8.05. The number of hydrogen-bond donors (Lipinski definition) is 2. The lowest BCUT2D eigenvalue weighted by atomic mass is 9.71. The summed E-state index contributed by atoms with van der Waals surface area (Å²) in [5.41, 5.74) is 10.9. The normalized spacial score (nSPS) is 21.3. The molecule has 0 aromatic heterocycles. The largest absolute Gasteiger partial charge is 0.317 e. The summed E-state index contributed by atoms with van der Waals surface area (Å²) in [4.78, 5) is 0.322. The summed E-state index contributed by atoms with van der Waals surface area (Å²) < 4.78 is 47.9. The van der Waals surface area contributed by atoms with Crippen molar-refractivity contribution in [1.29, 1.82) is 0 Å². The molecule has 192 valence electrons. The Morgan fingerprint density at radius 2 is 1.57 bits per heavy atom. The van der Waals surface area contributed by atoms with Gasteiger partial charge in [0.25, 0.3) is 0 Å². The first-order valence-electron chi connectivity index (χ1n) is 12.6. The van der Waals surface area contributed by atoms with Crippen molar-refractivity contribution in [3.8, 4) is 11.1 Å². The van der Waals surface area contributed by atoms with Crippen LogP contribution in [-0.2, 0) is 32.5 Å². The van der Waals surface area contributed by atoms with Crippen molar-refractivity contribution in [3.63, 3.8) is 0 Å². The summed E-state index contributed by atoms with van der Waals surface area (Å²) in [5.74, 6) is 1.32. The van der Waals surface area contributed by atoms with Gasteiger partial charge in [-0.2, -0.15) is 0 Å². The van der Waals surface area contributed by atoms with Crippen molar-refractivity contribution in [2.24, 2.45) is 23.5 Å². The number of sulfone groups is 2. The SMILES string of the molecule is CS(=O)(=O)c1ccc(-c2ccc3c(c2)CC(C(CC2CCNCC2)CC(N)S(C)(=O)=O)CC3)cc1. The number of nitrogens with two attached hydrogens (primary N) is 1. The van der Waals surface area contributed by atoms with Crippen LogP contribution in [0.25, 0.3) is 11.1 Å². The smallest absolute Gasteiger partial charge is 0.175 e. The van der Waals surface area contributed by atoms with Crippen molar-refractivity contribution in [2.45, 2.75) is 55.2 Å². The van der Waals surface area contributed by atoms with E-state index in [1.807, 2.05) is 12.1 Å². The van der Waals surface area contributed by atoms with E-state index in [9.17, 15) is 16.8 Å². The molecule has 0 saturated carbocycles. The van der Waals surface area contributed by atoms with Gasteiger partial charge in [0.2, 0.25) is 0 Å². The molecule has 1 aliphatic carbocycles. The van der Waals surface area contributed by atoms with E-state index in [2.05, 4.69) is 23.5 Å². The van der Waals surface area contributed by atoms with Crippen LogP contribution in [0.3, 0.4) is 0 Å². The highest BCUT2D eigenvalue weighted by Crippen LogP contribution is 2.38. The molecule has 3 unspecified atom stereocenters. The fraction of sp³-hybridized carbons (Fsp3) is 0.556. The Labute approximate surface area is 210 Å². The van der Waals surface area contributed by atoms with Crippen molar-refractivity contribution >= 4 is 19.7 Å². The molecule has 2 aromatic rings. The molecule has 1 aliphatic heterocycles. The molecule has 0 amide bonds. The van der Waals surface area contributed by atoms with Gasteiger partial charge in [0.15, 0.2) is 19.7 Å². The van der Waals surface area contributed by atoms with Crippen molar-refractivity contribution < 1.29 is 16.8 Å². The van der Waals surface area contributed by atoms with Crippen LogP contribution in [0.2, 0.25) is 0 Å². The van der Waals surface area contributed by atoms with E-state index in [0.717, 1.165) is 62.7 Å². The van der Waals surface area contributed by atoms with Crippen LogP contribution in [0.4, 0.5) is 0 Å². The quantitative estimate of drug-likeness (QED) is 0.553. The van der Waals surface area contributed by atoms with Crippen molar-refractivity contribution in [3.05, 3.63) is 53.6 Å². The van der Waals surface area contributed by atoms with Gasteiger partial charge in [-0.1, -0.05) is 30.3 Å². The third kappa shape index (κ3) is 6.73. The Bertz CT molecular complexity index is 1230. The minimum absolute atomic E-state index is 0.286. The molecular formula is C27H38N2O4S2. The van der Waals surface area contributed by atoms with Crippen LogP contribution in [0.5, 0.6) is 0 Å². The van der Waals surface area contributed by atoms with Crippen LogP contribution in [0, 0.1) is 17.8 Å². The van der Waals surface area contributed by atoms with Gasteiger partial charge in [-0.05, 0) is 110 Å². The monoisotopic (exact) mass is 518 g/mol. The van der Waals surface area contributed by atoms with E-state index in [4.69, 9.17) is 5.73 Å². The summed E-state index contributed by atoms with van der Waals surface area (Å²) in [6.07, 6.45) is 9.28. The van der Waals surface area contributed by atoms with Gasteiger partial charge in [-0.3, -0.25) is 0 Å². The molecule has 0 spiro atoms. The van der Waals surface area contributed by atoms with Crippen LogP contribution in [-0.4, -0.2) is 47.8 Å². The van der Waals surface area contributed by atoms with E-state index in [0.29, 0.717) is 23.2 Å². The maximum Gasteiger partial charge on any atom is 0.175 e. The van der Waals surface area contributed by atoms with E-state index in [-0.39, 0.29) is 5.92 Å². The minimum Gasteiger partial charge on any atom is -0.317 e. The van der Waals surface area contributed by atoms with Gasteiger partial charge >= 0.3 is 0 Å². The molecule has 1 heterocycles. The van der Waals surface area contributed by atoms with E-state index in [1.165, 1.54) is 23.6 Å². The second-order valence-electron chi connectivity index (χ2n) is 10.6. The molecule has 2 aromatic carbocycles. The maximum absolute atomic E-state index is 12.2. The van der Waals surface area contributed by atoms with Gasteiger partial charge in [0.1, 0.15) is 5.37 Å². The summed E-state index contributed by atoms with van der Waals surface area (Å²) >= 11 is 0. The number of piperidine rings is 1. The lowest BCUT2D eigenvalue weighted by molar-refractivity contribution is 0.207. The van der Waals surface area contributed by atoms with Gasteiger partial charge in [-0.25, -0.2) is 16.8 Å². The number of nitrogens with one attached hydrogen (secondary N) is 1. The number of rotatable bonds is 8. The highest BCUT2D eigenvalue weighted by atomic mass is 32.2. The lowest BCUT2D eigenvalue weighted by Gasteiger charge is -2.36. The Hall–Kier alpha value is -1.74. The van der Waals surface area contributed by atoms with E-state index >= 15 is 0 Å². The number of benzene rings is 2. The predicted octanol–water partition coefficient (Wildman–Crippen LogP) is 3.59. The summed E-state index contributed by atoms with van der Waals surface area (Å²) in [5, 5.41) is 2.62. The maximum atomic E-state index is 12.2. The minimum atomic E-state index is -3.27.